The molecule has 2 aromatic rings. The molecule has 0 aliphatic rings. The lowest BCUT2D eigenvalue weighted by Crippen LogP contribution is -2.37. The van der Waals surface area contributed by atoms with Crippen molar-refractivity contribution in [3.8, 4) is 5.75 Å². The molecule has 2 rings (SSSR count). The highest BCUT2D eigenvalue weighted by Gasteiger charge is 2.15. The van der Waals surface area contributed by atoms with Crippen molar-refractivity contribution in [2.75, 3.05) is 31.3 Å². The van der Waals surface area contributed by atoms with E-state index in [-0.39, 0.29) is 18.5 Å². The molecule has 0 aliphatic heterocycles. The number of aryl methyl sites for hydroxylation is 1. The van der Waals surface area contributed by atoms with Crippen molar-refractivity contribution in [2.24, 2.45) is 0 Å². The fourth-order valence-corrected chi connectivity index (χ4v) is 2.39. The predicted octanol–water partition coefficient (Wildman–Crippen LogP) is 3.36. The number of carbonyl (C=O) groups is 2. The largest absolute Gasteiger partial charge is 0.495 e. The number of ether oxygens (including phenoxy) is 1. The summed E-state index contributed by atoms with van der Waals surface area (Å²) in [6, 6.07) is 14.3. The number of urea groups is 1. The Morgan fingerprint density at radius 3 is 2.32 bits per heavy atom. The van der Waals surface area contributed by atoms with Gasteiger partial charge in [-0.2, -0.15) is 0 Å². The standard InChI is InChI=1S/C19H23N3O3/c1-4-14-9-5-6-10-15(14)20-18(23)13-22(2)19(24)21-16-11-7-8-12-17(16)25-3/h5-12H,4,13H2,1-3H3,(H,20,23)(H,21,24). The summed E-state index contributed by atoms with van der Waals surface area (Å²) in [5.74, 6) is 0.309. The number of nitrogens with one attached hydrogen (secondary N) is 2. The number of methoxy groups -OCH3 is 1. The van der Waals surface area contributed by atoms with Crippen LogP contribution in [0.5, 0.6) is 5.75 Å². The van der Waals surface area contributed by atoms with Gasteiger partial charge in [0.1, 0.15) is 12.3 Å². The van der Waals surface area contributed by atoms with Crippen molar-refractivity contribution < 1.29 is 14.3 Å². The zero-order valence-corrected chi connectivity index (χ0v) is 14.7. The molecule has 6 nitrogen and oxygen atoms in total. The van der Waals surface area contributed by atoms with Crippen LogP contribution in [0.15, 0.2) is 48.5 Å². The second-order valence-electron chi connectivity index (χ2n) is 5.55. The summed E-state index contributed by atoms with van der Waals surface area (Å²) in [6.45, 7) is 1.97. The third kappa shape index (κ3) is 4.97. The van der Waals surface area contributed by atoms with Gasteiger partial charge in [-0.05, 0) is 30.2 Å². The van der Waals surface area contributed by atoms with Crippen LogP contribution in [0, 0.1) is 0 Å². The quantitative estimate of drug-likeness (QED) is 0.846. The Morgan fingerprint density at radius 1 is 1.00 bits per heavy atom. The van der Waals surface area contributed by atoms with Crippen LogP contribution in [-0.2, 0) is 11.2 Å². The summed E-state index contributed by atoms with van der Waals surface area (Å²) in [7, 11) is 3.10. The van der Waals surface area contributed by atoms with Crippen LogP contribution in [-0.4, -0.2) is 37.5 Å². The molecular formula is C19H23N3O3. The lowest BCUT2D eigenvalue weighted by Gasteiger charge is -2.19. The zero-order valence-electron chi connectivity index (χ0n) is 14.7. The normalized spacial score (nSPS) is 10.0. The molecule has 25 heavy (non-hydrogen) atoms. The highest BCUT2D eigenvalue weighted by Crippen LogP contribution is 2.23. The van der Waals surface area contributed by atoms with E-state index in [1.54, 1.807) is 25.2 Å². The number of hydrogen-bond donors (Lipinski definition) is 2. The molecule has 0 heterocycles. The van der Waals surface area contributed by atoms with Gasteiger partial charge in [0.05, 0.1) is 12.8 Å². The number of rotatable bonds is 6. The first-order valence-electron chi connectivity index (χ1n) is 8.08. The molecule has 0 aromatic heterocycles. The molecule has 6 heteroatoms. The number of para-hydroxylation sites is 3. The molecule has 132 valence electrons. The molecule has 0 fully saturated rings. The minimum atomic E-state index is -0.386. The predicted molar refractivity (Wildman–Crippen MR) is 99.1 cm³/mol. The van der Waals surface area contributed by atoms with Crippen molar-refractivity contribution in [3.63, 3.8) is 0 Å². The zero-order chi connectivity index (χ0) is 18.2. The van der Waals surface area contributed by atoms with Gasteiger partial charge < -0.3 is 20.3 Å². The SMILES string of the molecule is CCc1ccccc1NC(=O)CN(C)C(=O)Nc1ccccc1OC. The molecule has 0 spiro atoms. The molecule has 0 saturated carbocycles. The maximum atomic E-state index is 12.3. The number of anilines is 2. The van der Waals surface area contributed by atoms with E-state index in [9.17, 15) is 9.59 Å². The Morgan fingerprint density at radius 2 is 1.64 bits per heavy atom. The lowest BCUT2D eigenvalue weighted by molar-refractivity contribution is -0.116. The monoisotopic (exact) mass is 341 g/mol. The first-order chi connectivity index (χ1) is 12.0. The molecule has 0 aliphatic carbocycles. The van der Waals surface area contributed by atoms with Crippen molar-refractivity contribution >= 4 is 23.3 Å². The average molecular weight is 341 g/mol. The van der Waals surface area contributed by atoms with Crippen molar-refractivity contribution in [1.29, 1.82) is 0 Å². The van der Waals surface area contributed by atoms with Gasteiger partial charge in [-0.1, -0.05) is 37.3 Å². The summed E-state index contributed by atoms with van der Waals surface area (Å²) in [4.78, 5) is 25.8. The molecule has 2 aromatic carbocycles. The highest BCUT2D eigenvalue weighted by molar-refractivity contribution is 5.97. The maximum Gasteiger partial charge on any atom is 0.322 e. The third-order valence-electron chi connectivity index (χ3n) is 3.75. The average Bonchev–Trinajstić information content (AvgIpc) is 2.62. The molecule has 2 N–H and O–H groups in total. The molecular weight excluding hydrogens is 318 g/mol. The van der Waals surface area contributed by atoms with Gasteiger partial charge >= 0.3 is 6.03 Å². The van der Waals surface area contributed by atoms with Crippen LogP contribution < -0.4 is 15.4 Å². The van der Waals surface area contributed by atoms with Gasteiger partial charge in [-0.3, -0.25) is 4.79 Å². The Bertz CT molecular complexity index is 746. The number of carbonyl (C=O) groups excluding carboxylic acids is 2. The minimum Gasteiger partial charge on any atom is -0.495 e. The van der Waals surface area contributed by atoms with Gasteiger partial charge in [0.25, 0.3) is 0 Å². The van der Waals surface area contributed by atoms with Crippen molar-refractivity contribution in [2.45, 2.75) is 13.3 Å². The first-order valence-corrected chi connectivity index (χ1v) is 8.08. The minimum absolute atomic E-state index is 0.0565. The second kappa shape index (κ2) is 8.73. The fraction of sp³-hybridized carbons (Fsp3) is 0.263. The second-order valence-corrected chi connectivity index (χ2v) is 5.55. The summed E-state index contributed by atoms with van der Waals surface area (Å²) >= 11 is 0. The van der Waals surface area contributed by atoms with Crippen molar-refractivity contribution in [3.05, 3.63) is 54.1 Å². The maximum absolute atomic E-state index is 12.3. The van der Waals surface area contributed by atoms with E-state index in [2.05, 4.69) is 10.6 Å². The smallest absolute Gasteiger partial charge is 0.322 e. The van der Waals surface area contributed by atoms with Crippen LogP contribution >= 0.6 is 0 Å². The van der Waals surface area contributed by atoms with Gasteiger partial charge in [0, 0.05) is 12.7 Å². The highest BCUT2D eigenvalue weighted by atomic mass is 16.5. The van der Waals surface area contributed by atoms with E-state index in [1.165, 1.54) is 12.0 Å². The van der Waals surface area contributed by atoms with Gasteiger partial charge in [-0.25, -0.2) is 4.79 Å². The van der Waals surface area contributed by atoms with Crippen LogP contribution in [0.4, 0.5) is 16.2 Å². The Labute approximate surface area is 147 Å². The summed E-state index contributed by atoms with van der Waals surface area (Å²) < 4.78 is 5.20. The summed E-state index contributed by atoms with van der Waals surface area (Å²) in [6.07, 6.45) is 0.820. The summed E-state index contributed by atoms with van der Waals surface area (Å²) in [5.41, 5.74) is 2.38. The van der Waals surface area contributed by atoms with Crippen LogP contribution in [0.2, 0.25) is 0 Å². The molecule has 3 amide bonds. The van der Waals surface area contributed by atoms with Crippen molar-refractivity contribution in [1.82, 2.24) is 4.90 Å². The van der Waals surface area contributed by atoms with E-state index < -0.39 is 0 Å². The molecule has 0 radical (unpaired) electrons. The van der Waals surface area contributed by atoms with Crippen LogP contribution in [0.1, 0.15) is 12.5 Å². The number of hydrogen-bond acceptors (Lipinski definition) is 3. The van der Waals surface area contributed by atoms with Gasteiger partial charge in [0.2, 0.25) is 5.91 Å². The van der Waals surface area contributed by atoms with E-state index in [4.69, 9.17) is 4.74 Å². The molecule has 0 saturated heterocycles. The lowest BCUT2D eigenvalue weighted by atomic mass is 10.1. The van der Waals surface area contributed by atoms with E-state index in [1.807, 2.05) is 37.3 Å². The number of nitrogens with zero attached hydrogens (tertiary/aromatic N) is 1. The summed E-state index contributed by atoms with van der Waals surface area (Å²) in [5, 5.41) is 5.58. The van der Waals surface area contributed by atoms with E-state index in [0.717, 1.165) is 17.7 Å². The van der Waals surface area contributed by atoms with E-state index in [0.29, 0.717) is 11.4 Å². The molecule has 0 atom stereocenters. The Balaban J connectivity index is 1.95. The van der Waals surface area contributed by atoms with Crippen LogP contribution in [0.25, 0.3) is 0 Å². The van der Waals surface area contributed by atoms with Crippen LogP contribution in [0.3, 0.4) is 0 Å². The fourth-order valence-electron chi connectivity index (χ4n) is 2.39. The topological polar surface area (TPSA) is 70.7 Å². The Kier molecular flexibility index (Phi) is 6.39. The third-order valence-corrected chi connectivity index (χ3v) is 3.75. The number of amides is 3. The first kappa shape index (κ1) is 18.3. The molecule has 0 unspecified atom stereocenters. The van der Waals surface area contributed by atoms with Gasteiger partial charge in [0.15, 0.2) is 0 Å². The van der Waals surface area contributed by atoms with Gasteiger partial charge in [-0.15, -0.1) is 0 Å². The molecule has 0 bridgehead atoms. The number of likely N-dealkylation sites (N-methyl/N-ethyl adjacent to an activating group) is 1. The van der Waals surface area contributed by atoms with E-state index >= 15 is 0 Å². The number of benzene rings is 2. The Hall–Kier alpha value is -3.02.